The topological polar surface area (TPSA) is 9.23 Å². The predicted octanol–water partition coefficient (Wildman–Crippen LogP) is 5.63. The first kappa shape index (κ1) is 14.9. The zero-order valence-electron chi connectivity index (χ0n) is 9.46. The van der Waals surface area contributed by atoms with E-state index in [0.717, 1.165) is 19.3 Å². The minimum Gasteiger partial charge on any atom is -0.335 e. The largest absolute Gasteiger partial charge is 0.335 e. The van der Waals surface area contributed by atoms with Crippen molar-refractivity contribution in [3.63, 3.8) is 0 Å². The highest BCUT2D eigenvalue weighted by Crippen LogP contribution is 2.69. The number of rotatable bonds is 2. The van der Waals surface area contributed by atoms with Crippen molar-refractivity contribution in [3.8, 4) is 0 Å². The summed E-state index contributed by atoms with van der Waals surface area (Å²) in [4.78, 5) is 0. The van der Waals surface area contributed by atoms with E-state index in [0.29, 0.717) is 12.8 Å². The summed E-state index contributed by atoms with van der Waals surface area (Å²) < 4.78 is 71.7. The average molecular weight is 326 g/mol. The van der Waals surface area contributed by atoms with Crippen molar-refractivity contribution in [1.29, 1.82) is 0 Å². The molecule has 1 heterocycles. The Hall–Kier alpha value is 0.510. The lowest BCUT2D eigenvalue weighted by atomic mass is 9.98. The van der Waals surface area contributed by atoms with Crippen molar-refractivity contribution >= 4 is 39.2 Å². The summed E-state index contributed by atoms with van der Waals surface area (Å²) in [5.41, 5.74) is -0.0286. The fraction of sp³-hybridized carbons (Fsp3) is 0.667. The van der Waals surface area contributed by atoms with Crippen LogP contribution in [0.4, 0.5) is 21.0 Å². The molecule has 0 radical (unpaired) electrons. The van der Waals surface area contributed by atoms with Crippen LogP contribution in [0.2, 0.25) is 0 Å². The Morgan fingerprint density at radius 2 is 1.72 bits per heavy atom. The Morgan fingerprint density at radius 3 is 2.28 bits per heavy atom. The molecule has 0 saturated heterocycles. The van der Waals surface area contributed by atoms with Crippen molar-refractivity contribution < 1.29 is 25.7 Å². The number of halogens is 5. The highest BCUT2D eigenvalue weighted by molar-refractivity contribution is 8.12. The van der Waals surface area contributed by atoms with Gasteiger partial charge < -0.3 is 4.74 Å². The molecule has 0 aromatic rings. The van der Waals surface area contributed by atoms with E-state index >= 15 is 0 Å². The SMILES string of the molecule is F[PH]1=CP(F)(F)=CP(F)(F)=C1OC1CCCCC1. The van der Waals surface area contributed by atoms with Gasteiger partial charge in [-0.1, -0.05) is 19.3 Å². The molecule has 0 bridgehead atoms. The second-order valence-corrected chi connectivity index (χ2v) is 10.7. The van der Waals surface area contributed by atoms with Gasteiger partial charge in [-0.15, -0.1) is 0 Å². The van der Waals surface area contributed by atoms with Gasteiger partial charge in [0, 0.05) is 5.54 Å². The molecule has 1 aliphatic heterocycles. The molecule has 0 spiro atoms. The lowest BCUT2D eigenvalue weighted by Gasteiger charge is -2.25. The van der Waals surface area contributed by atoms with Gasteiger partial charge in [0.25, 0.3) is 7.51 Å². The Bertz CT molecular complexity index is 469. The molecule has 18 heavy (non-hydrogen) atoms. The van der Waals surface area contributed by atoms with E-state index in [1.54, 1.807) is 0 Å². The maximum absolute atomic E-state index is 13.6. The molecule has 0 amide bonds. The van der Waals surface area contributed by atoms with Crippen molar-refractivity contribution in [1.82, 2.24) is 0 Å². The van der Waals surface area contributed by atoms with Gasteiger partial charge in [0.05, 0.1) is 11.6 Å². The zero-order valence-corrected chi connectivity index (χ0v) is 12.2. The van der Waals surface area contributed by atoms with E-state index < -0.39 is 34.2 Å². The molecule has 1 aliphatic carbocycles. The molecule has 0 aromatic carbocycles. The summed E-state index contributed by atoms with van der Waals surface area (Å²) in [5, 5.41) is -0.953. The van der Waals surface area contributed by atoms with Gasteiger partial charge in [-0.25, -0.2) is 4.20 Å². The van der Waals surface area contributed by atoms with Crippen LogP contribution < -0.4 is 0 Å². The summed E-state index contributed by atoms with van der Waals surface area (Å²) in [7, 11) is -13.7. The molecule has 106 valence electrons. The van der Waals surface area contributed by atoms with Crippen LogP contribution in [0.15, 0.2) is 0 Å². The van der Waals surface area contributed by atoms with Crippen LogP contribution in [0.1, 0.15) is 32.1 Å². The van der Waals surface area contributed by atoms with Gasteiger partial charge in [0.2, 0.25) is 7.51 Å². The van der Waals surface area contributed by atoms with Crippen LogP contribution in [-0.2, 0) is 4.74 Å². The molecule has 2 aliphatic rings. The molecular formula is C9H14F5OP3. The van der Waals surface area contributed by atoms with Crippen LogP contribution in [0.25, 0.3) is 0 Å². The normalized spacial score (nSPS) is 31.6. The molecule has 1 saturated carbocycles. The number of hydrogen-bond acceptors (Lipinski definition) is 1. The summed E-state index contributed by atoms with van der Waals surface area (Å²) >= 11 is 0. The predicted molar refractivity (Wildman–Crippen MR) is 72.8 cm³/mol. The molecule has 9 heteroatoms. The standard InChI is InChI=1S/C9H14F5OP3/c10-16-6-17(11,12)7-18(13,14)9(16)15-8-4-2-1-3-5-8/h6-8,16H,1-5H2. The van der Waals surface area contributed by atoms with Gasteiger partial charge in [-0.3, -0.25) is 0 Å². The highest BCUT2D eigenvalue weighted by Gasteiger charge is 2.35. The van der Waals surface area contributed by atoms with Crippen LogP contribution in [0, 0.1) is 0 Å². The third-order valence-corrected chi connectivity index (χ3v) is 10.3. The number of hydrogen-bond donors (Lipinski definition) is 0. The molecule has 1 atom stereocenters. The van der Waals surface area contributed by atoms with E-state index in [2.05, 4.69) is 0 Å². The first-order valence-electron chi connectivity index (χ1n) is 5.66. The molecule has 2 rings (SSSR count). The Morgan fingerprint density at radius 1 is 1.11 bits per heavy atom. The van der Waals surface area contributed by atoms with Gasteiger partial charge in [-0.2, -0.15) is 16.8 Å². The smallest absolute Gasteiger partial charge is 0.271 e. The van der Waals surface area contributed by atoms with E-state index in [1.807, 2.05) is 0 Å². The molecule has 0 N–H and O–H groups in total. The summed E-state index contributed by atoms with van der Waals surface area (Å²) in [5.74, 6) is 0. The summed E-state index contributed by atoms with van der Waals surface area (Å²) in [6.07, 6.45) is 3.49. The second kappa shape index (κ2) is 5.48. The maximum Gasteiger partial charge on any atom is 0.271 e. The molecular weight excluding hydrogens is 312 g/mol. The van der Waals surface area contributed by atoms with Gasteiger partial charge in [0.1, 0.15) is 7.86 Å². The third-order valence-electron chi connectivity index (χ3n) is 2.89. The molecule has 1 fully saturated rings. The minimum absolute atomic E-state index is 0.188. The van der Waals surface area contributed by atoms with Crippen LogP contribution in [-0.4, -0.2) is 22.4 Å². The quantitative estimate of drug-likeness (QED) is 0.472. The van der Waals surface area contributed by atoms with Gasteiger partial charge >= 0.3 is 0 Å². The minimum atomic E-state index is -5.18. The summed E-state index contributed by atoms with van der Waals surface area (Å²) in [6.45, 7) is 0. The van der Waals surface area contributed by atoms with E-state index in [1.165, 1.54) is 0 Å². The molecule has 1 unspecified atom stereocenters. The Labute approximate surface area is 104 Å². The number of ether oxygens (including phenoxy) is 1. The van der Waals surface area contributed by atoms with Crippen molar-refractivity contribution in [3.05, 3.63) is 0 Å². The average Bonchev–Trinajstić information content (AvgIpc) is 2.23. The molecule has 0 aromatic heterocycles. The first-order chi connectivity index (χ1) is 8.30. The van der Waals surface area contributed by atoms with Crippen molar-refractivity contribution in [2.24, 2.45) is 0 Å². The Kier molecular flexibility index (Phi) is 4.54. The molecule has 1 nitrogen and oxygen atoms in total. The van der Waals surface area contributed by atoms with Gasteiger partial charge in [-0.05, 0) is 12.8 Å². The van der Waals surface area contributed by atoms with Crippen LogP contribution in [0.5, 0.6) is 0 Å². The zero-order chi connectivity index (χ0) is 13.4. The summed E-state index contributed by atoms with van der Waals surface area (Å²) in [6, 6.07) is 0. The van der Waals surface area contributed by atoms with E-state index in [4.69, 9.17) is 4.74 Å². The first-order valence-corrected chi connectivity index (χ1v) is 10.5. The maximum atomic E-state index is 13.6. The van der Waals surface area contributed by atoms with Gasteiger partial charge in [0.15, 0.2) is 5.22 Å². The Balaban J connectivity index is 2.28. The third kappa shape index (κ3) is 3.54. The van der Waals surface area contributed by atoms with Crippen molar-refractivity contribution in [2.75, 3.05) is 0 Å². The monoisotopic (exact) mass is 326 g/mol. The van der Waals surface area contributed by atoms with Crippen LogP contribution >= 0.6 is 22.9 Å². The second-order valence-electron chi connectivity index (χ2n) is 4.44. The van der Waals surface area contributed by atoms with E-state index in [-0.39, 0.29) is 11.1 Å². The van der Waals surface area contributed by atoms with Crippen molar-refractivity contribution in [2.45, 2.75) is 38.2 Å². The lowest BCUT2D eigenvalue weighted by Crippen LogP contribution is -2.20. The fourth-order valence-corrected chi connectivity index (χ4v) is 9.33. The lowest BCUT2D eigenvalue weighted by molar-refractivity contribution is 0.151. The van der Waals surface area contributed by atoms with E-state index in [9.17, 15) is 21.0 Å². The highest BCUT2D eigenvalue weighted by atomic mass is 31.3. The van der Waals surface area contributed by atoms with Crippen LogP contribution in [0.3, 0.4) is 0 Å². The fourth-order valence-electron chi connectivity index (χ4n) is 2.10.